The average molecular weight is 488 g/mol. The van der Waals surface area contributed by atoms with Crippen LogP contribution in [0.2, 0.25) is 10.0 Å². The average Bonchev–Trinajstić information content (AvgIpc) is 3.05. The largest absolute Gasteiger partial charge is 0.481 e. The highest BCUT2D eigenvalue weighted by molar-refractivity contribution is 9.10. The number of anilines is 1. The van der Waals surface area contributed by atoms with Crippen LogP contribution >= 0.6 is 50.5 Å². The van der Waals surface area contributed by atoms with Crippen LogP contribution in [0.25, 0.3) is 10.2 Å². The summed E-state index contributed by atoms with van der Waals surface area (Å²) in [6, 6.07) is 10.8. The number of fused-ring (bicyclic) bond motifs is 1. The third-order valence-corrected chi connectivity index (χ3v) is 6.11. The number of nitrogens with zero attached hydrogens (tertiary/aromatic N) is 2. The Bertz CT molecular complexity index is 1010. The summed E-state index contributed by atoms with van der Waals surface area (Å²) in [5.41, 5.74) is 1.26. The van der Waals surface area contributed by atoms with E-state index in [9.17, 15) is 9.59 Å². The molecular formula is C18H13BrCl2N2O3S. The summed E-state index contributed by atoms with van der Waals surface area (Å²) < 4.78 is 1.75. The number of benzene rings is 2. The summed E-state index contributed by atoms with van der Waals surface area (Å²) in [5.74, 6) is -1.30. The van der Waals surface area contributed by atoms with Gasteiger partial charge in [0.1, 0.15) is 10.5 Å². The lowest BCUT2D eigenvalue weighted by molar-refractivity contribution is -0.138. The Kier molecular flexibility index (Phi) is 6.37. The molecule has 140 valence electrons. The smallest absolute Gasteiger partial charge is 0.303 e. The Labute approximate surface area is 177 Å². The predicted octanol–water partition coefficient (Wildman–Crippen LogP) is 5.76. The number of carbonyl (C=O) groups excluding carboxylic acids is 1. The van der Waals surface area contributed by atoms with Crippen LogP contribution in [0.1, 0.15) is 17.8 Å². The van der Waals surface area contributed by atoms with E-state index >= 15 is 0 Å². The first-order chi connectivity index (χ1) is 12.8. The van der Waals surface area contributed by atoms with E-state index < -0.39 is 5.97 Å². The minimum atomic E-state index is -1.01. The zero-order valence-corrected chi connectivity index (χ0v) is 17.7. The molecule has 1 aromatic heterocycles. The van der Waals surface area contributed by atoms with Crippen LogP contribution in [0.4, 0.5) is 5.69 Å². The van der Waals surface area contributed by atoms with Crippen LogP contribution in [0, 0.1) is 0 Å². The van der Waals surface area contributed by atoms with Gasteiger partial charge in [-0.05, 0) is 36.4 Å². The van der Waals surface area contributed by atoms with Crippen molar-refractivity contribution in [1.29, 1.82) is 0 Å². The van der Waals surface area contributed by atoms with Crippen molar-refractivity contribution in [2.24, 2.45) is 0 Å². The minimum Gasteiger partial charge on any atom is -0.481 e. The van der Waals surface area contributed by atoms with E-state index in [1.54, 1.807) is 18.2 Å². The molecule has 0 radical (unpaired) electrons. The molecule has 0 atom stereocenters. The van der Waals surface area contributed by atoms with E-state index in [1.165, 1.54) is 16.2 Å². The second kappa shape index (κ2) is 8.56. The number of aliphatic carboxylic acids is 1. The fourth-order valence-electron chi connectivity index (χ4n) is 2.48. The summed E-state index contributed by atoms with van der Waals surface area (Å²) in [4.78, 5) is 29.5. The molecule has 27 heavy (non-hydrogen) atoms. The van der Waals surface area contributed by atoms with Gasteiger partial charge in [0, 0.05) is 16.6 Å². The number of hydrogen-bond acceptors (Lipinski definition) is 4. The SMILES string of the molecule is O=C(O)CCC(=O)N(Cc1nc2c(Cl)c(Cl)ccc2s1)c1ccc(Br)cc1. The summed E-state index contributed by atoms with van der Waals surface area (Å²) in [6.07, 6.45) is -0.323. The Morgan fingerprint density at radius 2 is 1.81 bits per heavy atom. The Morgan fingerprint density at radius 1 is 1.11 bits per heavy atom. The van der Waals surface area contributed by atoms with Crippen LogP contribution in [-0.4, -0.2) is 22.0 Å². The van der Waals surface area contributed by atoms with Crippen LogP contribution in [0.3, 0.4) is 0 Å². The molecule has 0 saturated heterocycles. The van der Waals surface area contributed by atoms with Gasteiger partial charge in [0.25, 0.3) is 0 Å². The highest BCUT2D eigenvalue weighted by Crippen LogP contribution is 2.34. The maximum atomic E-state index is 12.7. The third-order valence-electron chi connectivity index (χ3n) is 3.78. The van der Waals surface area contributed by atoms with Gasteiger partial charge >= 0.3 is 5.97 Å². The highest BCUT2D eigenvalue weighted by Gasteiger charge is 2.20. The molecule has 5 nitrogen and oxygen atoms in total. The normalized spacial score (nSPS) is 10.9. The molecular weight excluding hydrogens is 475 g/mol. The second-order valence-electron chi connectivity index (χ2n) is 5.67. The van der Waals surface area contributed by atoms with Crippen LogP contribution in [-0.2, 0) is 16.1 Å². The van der Waals surface area contributed by atoms with Gasteiger partial charge in [-0.2, -0.15) is 0 Å². The summed E-state index contributed by atoms with van der Waals surface area (Å²) in [5, 5.41) is 10.4. The van der Waals surface area contributed by atoms with Crippen molar-refractivity contribution < 1.29 is 14.7 Å². The van der Waals surface area contributed by atoms with Crippen molar-refractivity contribution in [2.45, 2.75) is 19.4 Å². The molecule has 3 aromatic rings. The van der Waals surface area contributed by atoms with E-state index in [1.807, 2.05) is 18.2 Å². The van der Waals surface area contributed by atoms with Gasteiger partial charge in [0.15, 0.2) is 0 Å². The molecule has 0 aliphatic heterocycles. The van der Waals surface area contributed by atoms with E-state index in [2.05, 4.69) is 20.9 Å². The van der Waals surface area contributed by atoms with Gasteiger partial charge in [-0.1, -0.05) is 39.1 Å². The van der Waals surface area contributed by atoms with E-state index in [0.717, 1.165) is 9.17 Å². The molecule has 3 rings (SSSR count). The van der Waals surface area contributed by atoms with Crippen LogP contribution < -0.4 is 4.90 Å². The van der Waals surface area contributed by atoms with Crippen LogP contribution in [0.5, 0.6) is 0 Å². The molecule has 1 heterocycles. The number of carbonyl (C=O) groups is 2. The Hall–Kier alpha value is -1.67. The molecule has 0 spiro atoms. The summed E-state index contributed by atoms with van der Waals surface area (Å²) >= 11 is 17.0. The molecule has 2 aromatic carbocycles. The van der Waals surface area contributed by atoms with Crippen molar-refractivity contribution in [3.05, 3.63) is 55.9 Å². The first kappa shape index (κ1) is 20.1. The van der Waals surface area contributed by atoms with E-state index in [4.69, 9.17) is 28.3 Å². The molecule has 0 unspecified atom stereocenters. The van der Waals surface area contributed by atoms with Gasteiger partial charge in [-0.15, -0.1) is 11.3 Å². The first-order valence-corrected chi connectivity index (χ1v) is 10.2. The fraction of sp³-hybridized carbons (Fsp3) is 0.167. The number of carboxylic acid groups (broad SMARTS) is 1. The van der Waals surface area contributed by atoms with Crippen molar-refractivity contribution >= 4 is 78.2 Å². The number of aromatic nitrogens is 1. The lowest BCUT2D eigenvalue weighted by Gasteiger charge is -2.21. The maximum Gasteiger partial charge on any atom is 0.303 e. The molecule has 0 aliphatic rings. The lowest BCUT2D eigenvalue weighted by Crippen LogP contribution is -2.30. The van der Waals surface area contributed by atoms with Gasteiger partial charge in [0.05, 0.1) is 27.7 Å². The standard InChI is InChI=1S/C18H13BrCl2N2O3S/c19-10-1-3-11(4-2-10)23(15(24)7-8-16(25)26)9-14-22-18-13(27-14)6-5-12(20)17(18)21/h1-6H,7-9H2,(H,25,26). The zero-order chi connectivity index (χ0) is 19.6. The van der Waals surface area contributed by atoms with E-state index in [0.29, 0.717) is 26.3 Å². The van der Waals surface area contributed by atoms with Crippen LogP contribution in [0.15, 0.2) is 40.9 Å². The molecule has 9 heteroatoms. The van der Waals surface area contributed by atoms with Gasteiger partial charge in [-0.25, -0.2) is 4.98 Å². The topological polar surface area (TPSA) is 70.5 Å². The molecule has 0 saturated carbocycles. The summed E-state index contributed by atoms with van der Waals surface area (Å²) in [7, 11) is 0. The van der Waals surface area contributed by atoms with Crippen molar-refractivity contribution in [1.82, 2.24) is 4.98 Å². The Balaban J connectivity index is 1.93. The maximum absolute atomic E-state index is 12.7. The molecule has 0 bridgehead atoms. The summed E-state index contributed by atoms with van der Waals surface area (Å²) in [6.45, 7) is 0.216. The monoisotopic (exact) mass is 486 g/mol. The lowest BCUT2D eigenvalue weighted by atomic mass is 10.2. The zero-order valence-electron chi connectivity index (χ0n) is 13.8. The molecule has 0 fully saturated rings. The number of amides is 1. The quantitative estimate of drug-likeness (QED) is 0.479. The number of hydrogen-bond donors (Lipinski definition) is 1. The highest BCUT2D eigenvalue weighted by atomic mass is 79.9. The first-order valence-electron chi connectivity index (χ1n) is 7.86. The van der Waals surface area contributed by atoms with Crippen molar-refractivity contribution in [3.8, 4) is 0 Å². The molecule has 0 aliphatic carbocycles. The van der Waals surface area contributed by atoms with Crippen molar-refractivity contribution in [3.63, 3.8) is 0 Å². The van der Waals surface area contributed by atoms with Crippen molar-refractivity contribution in [2.75, 3.05) is 4.90 Å². The van der Waals surface area contributed by atoms with Gasteiger partial charge in [0.2, 0.25) is 5.91 Å². The third kappa shape index (κ3) is 4.79. The van der Waals surface area contributed by atoms with E-state index in [-0.39, 0.29) is 25.3 Å². The minimum absolute atomic E-state index is 0.0944. The molecule has 1 N–H and O–H groups in total. The predicted molar refractivity (Wildman–Crippen MR) is 112 cm³/mol. The number of thiazole rings is 1. The second-order valence-corrected chi connectivity index (χ2v) is 8.48. The number of halogens is 3. The number of carboxylic acids is 1. The molecule has 1 amide bonds. The van der Waals surface area contributed by atoms with Gasteiger partial charge < -0.3 is 10.0 Å². The Morgan fingerprint density at radius 3 is 2.48 bits per heavy atom. The number of rotatable bonds is 6. The van der Waals surface area contributed by atoms with Gasteiger partial charge in [-0.3, -0.25) is 9.59 Å². The fourth-order valence-corrected chi connectivity index (χ4v) is 4.12.